The topological polar surface area (TPSA) is 61.8 Å². The molecule has 0 radical (unpaired) electrons. The predicted molar refractivity (Wildman–Crippen MR) is 96.5 cm³/mol. The minimum Gasteiger partial charge on any atom is -0.494 e. The van der Waals surface area contributed by atoms with E-state index in [0.29, 0.717) is 19.7 Å². The number of fused-ring (bicyclic) bond motifs is 1. The van der Waals surface area contributed by atoms with Crippen LogP contribution in [0.1, 0.15) is 29.7 Å². The van der Waals surface area contributed by atoms with Gasteiger partial charge in [0.05, 0.1) is 19.3 Å². The molecule has 1 unspecified atom stereocenters. The minimum atomic E-state index is -0.292. The second-order valence-corrected chi connectivity index (χ2v) is 6.08. The Kier molecular flexibility index (Phi) is 5.56. The number of aliphatic hydroxyl groups is 1. The van der Waals surface area contributed by atoms with Gasteiger partial charge in [-0.3, -0.25) is 0 Å². The zero-order valence-electron chi connectivity index (χ0n) is 14.4. The molecule has 1 atom stereocenters. The highest BCUT2D eigenvalue weighted by Crippen LogP contribution is 2.29. The molecular weight excluding hydrogens is 316 g/mol. The third kappa shape index (κ3) is 3.94. The Bertz CT molecular complexity index is 732. The molecule has 0 saturated heterocycles. The maximum atomic E-state index is 12.6. The number of amides is 2. The van der Waals surface area contributed by atoms with Gasteiger partial charge in [0, 0.05) is 13.1 Å². The number of urea groups is 1. The summed E-state index contributed by atoms with van der Waals surface area (Å²) in [5, 5.41) is 12.8. The van der Waals surface area contributed by atoms with Crippen LogP contribution in [0.3, 0.4) is 0 Å². The first-order valence-electron chi connectivity index (χ1n) is 8.67. The first kappa shape index (κ1) is 17.3. The Hall–Kier alpha value is -2.53. The van der Waals surface area contributed by atoms with Gasteiger partial charge in [0.15, 0.2) is 0 Å². The third-order valence-electron chi connectivity index (χ3n) is 4.50. The summed E-state index contributed by atoms with van der Waals surface area (Å²) in [7, 11) is 0. The second kappa shape index (κ2) is 8.03. The number of rotatable bonds is 5. The number of hydrogen-bond acceptors (Lipinski definition) is 3. The molecule has 5 nitrogen and oxygen atoms in total. The fourth-order valence-electron chi connectivity index (χ4n) is 3.28. The van der Waals surface area contributed by atoms with Gasteiger partial charge in [0.2, 0.25) is 0 Å². The van der Waals surface area contributed by atoms with Crippen molar-refractivity contribution in [2.45, 2.75) is 25.9 Å². The van der Waals surface area contributed by atoms with E-state index in [0.717, 1.165) is 23.3 Å². The van der Waals surface area contributed by atoms with Crippen molar-refractivity contribution in [1.82, 2.24) is 10.2 Å². The average molecular weight is 340 g/mol. The Labute approximate surface area is 148 Å². The number of ether oxygens (including phenoxy) is 1. The van der Waals surface area contributed by atoms with Gasteiger partial charge in [-0.05, 0) is 42.2 Å². The second-order valence-electron chi connectivity index (χ2n) is 6.08. The number of aliphatic hydroxyl groups excluding tert-OH is 1. The van der Waals surface area contributed by atoms with Crippen LogP contribution in [-0.2, 0) is 13.0 Å². The number of nitrogens with zero attached hydrogens (tertiary/aromatic N) is 1. The van der Waals surface area contributed by atoms with Crippen molar-refractivity contribution in [1.29, 1.82) is 0 Å². The zero-order valence-corrected chi connectivity index (χ0v) is 14.4. The third-order valence-corrected chi connectivity index (χ3v) is 4.50. The van der Waals surface area contributed by atoms with Crippen LogP contribution in [0.15, 0.2) is 48.5 Å². The van der Waals surface area contributed by atoms with Crippen molar-refractivity contribution in [2.24, 2.45) is 0 Å². The number of benzene rings is 2. The number of carbonyl (C=O) groups excluding carboxylic acids is 1. The molecule has 0 aromatic heterocycles. The standard InChI is InChI=1S/C20H24N2O3/c1-2-25-17-8-5-6-15(12-17)13-21-20(24)22-11-10-16-7-3-4-9-18(16)19(22)14-23/h3-9,12,19,23H,2,10-11,13-14H2,1H3,(H,21,24). The van der Waals surface area contributed by atoms with E-state index in [4.69, 9.17) is 4.74 Å². The van der Waals surface area contributed by atoms with E-state index < -0.39 is 0 Å². The lowest BCUT2D eigenvalue weighted by molar-refractivity contribution is 0.126. The molecule has 132 valence electrons. The Balaban J connectivity index is 1.66. The van der Waals surface area contributed by atoms with Crippen LogP contribution in [-0.4, -0.2) is 35.8 Å². The molecule has 2 aromatic rings. The molecule has 1 aliphatic heterocycles. The smallest absolute Gasteiger partial charge is 0.318 e. The highest BCUT2D eigenvalue weighted by atomic mass is 16.5. The van der Waals surface area contributed by atoms with E-state index >= 15 is 0 Å². The summed E-state index contributed by atoms with van der Waals surface area (Å²) in [5.41, 5.74) is 3.22. The molecule has 0 aliphatic carbocycles. The summed E-state index contributed by atoms with van der Waals surface area (Å²) in [4.78, 5) is 14.4. The lowest BCUT2D eigenvalue weighted by atomic mass is 9.93. The predicted octanol–water partition coefficient (Wildman–Crippen LogP) is 2.89. The Morgan fingerprint density at radius 3 is 2.92 bits per heavy atom. The van der Waals surface area contributed by atoms with Crippen LogP contribution in [0.4, 0.5) is 4.79 Å². The van der Waals surface area contributed by atoms with E-state index in [2.05, 4.69) is 11.4 Å². The fourth-order valence-corrected chi connectivity index (χ4v) is 3.28. The summed E-state index contributed by atoms with van der Waals surface area (Å²) in [6, 6.07) is 15.2. The summed E-state index contributed by atoms with van der Waals surface area (Å²) in [5.74, 6) is 0.800. The van der Waals surface area contributed by atoms with E-state index in [1.165, 1.54) is 5.56 Å². The van der Waals surface area contributed by atoms with Gasteiger partial charge in [-0.1, -0.05) is 36.4 Å². The molecule has 0 saturated carbocycles. The monoisotopic (exact) mass is 340 g/mol. The van der Waals surface area contributed by atoms with Crippen molar-refractivity contribution >= 4 is 6.03 Å². The van der Waals surface area contributed by atoms with Crippen LogP contribution in [0.2, 0.25) is 0 Å². The minimum absolute atomic E-state index is 0.0791. The zero-order chi connectivity index (χ0) is 17.6. The molecule has 0 bridgehead atoms. The van der Waals surface area contributed by atoms with Gasteiger partial charge in [0.25, 0.3) is 0 Å². The molecule has 2 aromatic carbocycles. The number of nitrogens with one attached hydrogen (secondary N) is 1. The van der Waals surface area contributed by atoms with Gasteiger partial charge < -0.3 is 20.1 Å². The first-order valence-corrected chi connectivity index (χ1v) is 8.67. The van der Waals surface area contributed by atoms with Gasteiger partial charge >= 0.3 is 6.03 Å². The van der Waals surface area contributed by atoms with Crippen LogP contribution in [0.5, 0.6) is 5.75 Å². The number of hydrogen-bond donors (Lipinski definition) is 2. The highest BCUT2D eigenvalue weighted by molar-refractivity contribution is 5.75. The van der Waals surface area contributed by atoms with Crippen LogP contribution in [0.25, 0.3) is 0 Å². The summed E-state index contributed by atoms with van der Waals surface area (Å²) >= 11 is 0. The van der Waals surface area contributed by atoms with Crippen LogP contribution >= 0.6 is 0 Å². The van der Waals surface area contributed by atoms with Gasteiger partial charge in [-0.2, -0.15) is 0 Å². The average Bonchev–Trinajstić information content (AvgIpc) is 2.65. The first-order chi connectivity index (χ1) is 12.2. The Morgan fingerprint density at radius 2 is 2.12 bits per heavy atom. The van der Waals surface area contributed by atoms with Crippen molar-refractivity contribution in [3.8, 4) is 5.75 Å². The molecule has 2 amide bonds. The van der Waals surface area contributed by atoms with E-state index in [9.17, 15) is 9.90 Å². The molecule has 0 fully saturated rings. The summed E-state index contributed by atoms with van der Waals surface area (Å²) < 4.78 is 5.49. The Morgan fingerprint density at radius 1 is 1.28 bits per heavy atom. The van der Waals surface area contributed by atoms with Crippen LogP contribution in [0, 0.1) is 0 Å². The van der Waals surface area contributed by atoms with E-state index in [-0.39, 0.29) is 18.7 Å². The highest BCUT2D eigenvalue weighted by Gasteiger charge is 2.29. The van der Waals surface area contributed by atoms with Gasteiger partial charge in [-0.25, -0.2) is 4.79 Å². The fraction of sp³-hybridized carbons (Fsp3) is 0.350. The normalized spacial score (nSPS) is 16.2. The number of carbonyl (C=O) groups is 1. The molecule has 1 aliphatic rings. The maximum Gasteiger partial charge on any atom is 0.318 e. The van der Waals surface area contributed by atoms with Crippen molar-refractivity contribution in [2.75, 3.05) is 19.8 Å². The lowest BCUT2D eigenvalue weighted by Crippen LogP contribution is -2.46. The van der Waals surface area contributed by atoms with Crippen molar-refractivity contribution < 1.29 is 14.6 Å². The summed E-state index contributed by atoms with van der Waals surface area (Å²) in [6.07, 6.45) is 0.805. The molecule has 5 heteroatoms. The molecule has 25 heavy (non-hydrogen) atoms. The molecule has 3 rings (SSSR count). The van der Waals surface area contributed by atoms with E-state index in [1.54, 1.807) is 4.90 Å². The maximum absolute atomic E-state index is 12.6. The summed E-state index contributed by atoms with van der Waals surface area (Å²) in [6.45, 7) is 3.51. The van der Waals surface area contributed by atoms with Gasteiger partial charge in [-0.15, -0.1) is 0 Å². The largest absolute Gasteiger partial charge is 0.494 e. The van der Waals surface area contributed by atoms with E-state index in [1.807, 2.05) is 49.4 Å². The molecule has 0 spiro atoms. The van der Waals surface area contributed by atoms with Crippen molar-refractivity contribution in [3.63, 3.8) is 0 Å². The van der Waals surface area contributed by atoms with Gasteiger partial charge in [0.1, 0.15) is 5.75 Å². The SMILES string of the molecule is CCOc1cccc(CNC(=O)N2CCc3ccccc3C2CO)c1. The quantitative estimate of drug-likeness (QED) is 0.880. The molecule has 2 N–H and O–H groups in total. The molecular formula is C20H24N2O3. The van der Waals surface area contributed by atoms with Crippen molar-refractivity contribution in [3.05, 3.63) is 65.2 Å². The van der Waals surface area contributed by atoms with Crippen LogP contribution < -0.4 is 10.1 Å². The molecule has 1 heterocycles. The lowest BCUT2D eigenvalue weighted by Gasteiger charge is -2.36.